The summed E-state index contributed by atoms with van der Waals surface area (Å²) in [7, 11) is 1.61. The van der Waals surface area contributed by atoms with Gasteiger partial charge in [0.2, 0.25) is 17.7 Å². The molecule has 0 unspecified atom stereocenters. The molecule has 242 valence electrons. The molecule has 0 saturated carbocycles. The van der Waals surface area contributed by atoms with Gasteiger partial charge in [0.15, 0.2) is 0 Å². The van der Waals surface area contributed by atoms with Crippen LogP contribution in [0.4, 0.5) is 0 Å². The molecule has 0 spiro atoms. The topological polar surface area (TPSA) is 146 Å². The largest absolute Gasteiger partial charge is 0.508 e. The summed E-state index contributed by atoms with van der Waals surface area (Å²) in [6, 6.07) is 18.5. The van der Waals surface area contributed by atoms with Crippen LogP contribution in [0, 0.1) is 0 Å². The summed E-state index contributed by atoms with van der Waals surface area (Å²) < 4.78 is 11.4. The van der Waals surface area contributed by atoms with Crippen LogP contribution in [0.1, 0.15) is 47.2 Å². The highest BCUT2D eigenvalue weighted by Gasteiger charge is 2.36. The lowest BCUT2D eigenvalue weighted by Crippen LogP contribution is -2.54. The van der Waals surface area contributed by atoms with E-state index in [2.05, 4.69) is 16.0 Å². The van der Waals surface area contributed by atoms with E-state index in [1.54, 1.807) is 48.4 Å². The van der Waals surface area contributed by atoms with Gasteiger partial charge in [0.1, 0.15) is 35.9 Å². The first kappa shape index (κ1) is 32.3. The number of benzene rings is 3. The first-order valence-corrected chi connectivity index (χ1v) is 15.6. The van der Waals surface area contributed by atoms with E-state index in [0.717, 1.165) is 29.7 Å². The monoisotopic (exact) mass is 628 g/mol. The minimum absolute atomic E-state index is 0.0928. The summed E-state index contributed by atoms with van der Waals surface area (Å²) in [5.74, 6) is -0.680. The summed E-state index contributed by atoms with van der Waals surface area (Å²) in [4.78, 5) is 56.0. The molecule has 1 fully saturated rings. The second kappa shape index (κ2) is 15.3. The van der Waals surface area contributed by atoms with Gasteiger partial charge in [-0.2, -0.15) is 0 Å². The molecular formula is C35H40N4O7. The van der Waals surface area contributed by atoms with Crippen LogP contribution in [0.5, 0.6) is 17.2 Å². The van der Waals surface area contributed by atoms with Gasteiger partial charge in [-0.3, -0.25) is 19.2 Å². The van der Waals surface area contributed by atoms with Crippen LogP contribution in [0.2, 0.25) is 0 Å². The molecule has 0 radical (unpaired) electrons. The van der Waals surface area contributed by atoms with Gasteiger partial charge in [-0.15, -0.1) is 0 Å². The third-order valence-corrected chi connectivity index (χ3v) is 8.32. The number of carbonyl (C=O) groups is 4. The number of methoxy groups -OCH3 is 1. The number of nitrogens with zero attached hydrogens (tertiary/aromatic N) is 1. The Morgan fingerprint density at radius 1 is 1.02 bits per heavy atom. The second-order valence-corrected chi connectivity index (χ2v) is 11.6. The number of rotatable bonds is 8. The van der Waals surface area contributed by atoms with Crippen LogP contribution in [0.3, 0.4) is 0 Å². The molecule has 0 aromatic heterocycles. The fourth-order valence-electron chi connectivity index (χ4n) is 5.87. The Morgan fingerprint density at radius 2 is 1.83 bits per heavy atom. The summed E-state index contributed by atoms with van der Waals surface area (Å²) in [6.45, 7) is 1.01. The molecule has 1 saturated heterocycles. The molecule has 3 atom stereocenters. The lowest BCUT2D eigenvalue weighted by molar-refractivity contribution is -0.138. The Labute approximate surface area is 268 Å². The molecule has 3 aromatic rings. The van der Waals surface area contributed by atoms with Gasteiger partial charge in [-0.1, -0.05) is 36.4 Å². The molecule has 4 amide bonds. The Bertz CT molecular complexity index is 1540. The van der Waals surface area contributed by atoms with Crippen molar-refractivity contribution in [3.63, 3.8) is 0 Å². The number of ether oxygens (including phenoxy) is 2. The standard InChI is InChI=1S/C35H40N4O7/c1-45-27-10-4-7-23(19-27)8-5-17-36-34(43)29-21-32(41)37-30(20-24-13-15-26(40)16-14-24)35(44)39-18-6-9-25(39)22-46-31-12-3-2-11-28(31)33(42)38-29/h2-4,7,10-16,19,25,29-30,40H,5-6,8-9,17-18,20-22H2,1H3,(H,36,43)(H,37,41)(H,38,42)/t25-,29+,30+/m1/s1. The van der Waals surface area contributed by atoms with Crippen molar-refractivity contribution in [2.75, 3.05) is 26.8 Å². The molecular weight excluding hydrogens is 588 g/mol. The van der Waals surface area contributed by atoms with Crippen LogP contribution in [0.25, 0.3) is 0 Å². The number of aryl methyl sites for hydroxylation is 1. The molecule has 3 aromatic carbocycles. The summed E-state index contributed by atoms with van der Waals surface area (Å²) in [5, 5.41) is 18.1. The molecule has 0 bridgehead atoms. The van der Waals surface area contributed by atoms with Gasteiger partial charge >= 0.3 is 0 Å². The third kappa shape index (κ3) is 8.35. The molecule has 11 nitrogen and oxygen atoms in total. The highest BCUT2D eigenvalue weighted by molar-refractivity contribution is 6.01. The van der Waals surface area contributed by atoms with Gasteiger partial charge in [-0.25, -0.2) is 0 Å². The molecule has 11 heteroatoms. The number of nitrogens with one attached hydrogen (secondary N) is 3. The lowest BCUT2D eigenvalue weighted by atomic mass is 10.0. The number of fused-ring (bicyclic) bond motifs is 2. The van der Waals surface area contributed by atoms with E-state index in [0.29, 0.717) is 31.7 Å². The number of hydrogen-bond donors (Lipinski definition) is 4. The van der Waals surface area contributed by atoms with E-state index < -0.39 is 29.8 Å². The predicted octanol–water partition coefficient (Wildman–Crippen LogP) is 2.75. The second-order valence-electron chi connectivity index (χ2n) is 11.6. The highest BCUT2D eigenvalue weighted by atomic mass is 16.5. The van der Waals surface area contributed by atoms with Gasteiger partial charge in [-0.05, 0) is 73.2 Å². The first-order chi connectivity index (χ1) is 22.3. The Hall–Kier alpha value is -5.06. The van der Waals surface area contributed by atoms with Crippen LogP contribution >= 0.6 is 0 Å². The Kier molecular flexibility index (Phi) is 10.7. The van der Waals surface area contributed by atoms with Crippen LogP contribution < -0.4 is 25.4 Å². The zero-order valence-corrected chi connectivity index (χ0v) is 25.9. The molecule has 2 aliphatic rings. The van der Waals surface area contributed by atoms with Gasteiger partial charge in [0, 0.05) is 19.5 Å². The zero-order chi connectivity index (χ0) is 32.5. The van der Waals surface area contributed by atoms with Crippen molar-refractivity contribution in [1.82, 2.24) is 20.9 Å². The zero-order valence-electron chi connectivity index (χ0n) is 25.9. The number of hydrogen-bond acceptors (Lipinski definition) is 7. The van der Waals surface area contributed by atoms with Crippen molar-refractivity contribution in [3.8, 4) is 17.2 Å². The van der Waals surface area contributed by atoms with E-state index in [1.807, 2.05) is 24.3 Å². The van der Waals surface area contributed by atoms with Gasteiger partial charge in [0.05, 0.1) is 25.1 Å². The number of aromatic hydroxyl groups is 1. The maximum atomic E-state index is 13.9. The van der Waals surface area contributed by atoms with E-state index in [1.165, 1.54) is 12.1 Å². The van der Waals surface area contributed by atoms with Crippen LogP contribution in [-0.4, -0.2) is 78.6 Å². The summed E-state index contributed by atoms with van der Waals surface area (Å²) in [5.41, 5.74) is 2.04. The van der Waals surface area contributed by atoms with Crippen LogP contribution in [-0.2, 0) is 27.2 Å². The van der Waals surface area contributed by atoms with Crippen molar-refractivity contribution in [2.45, 2.75) is 56.7 Å². The molecule has 0 aliphatic carbocycles. The minimum atomic E-state index is -1.20. The highest BCUT2D eigenvalue weighted by Crippen LogP contribution is 2.24. The quantitative estimate of drug-likeness (QED) is 0.281. The van der Waals surface area contributed by atoms with Crippen molar-refractivity contribution < 1.29 is 33.8 Å². The molecule has 2 heterocycles. The maximum absolute atomic E-state index is 13.9. The van der Waals surface area contributed by atoms with Crippen molar-refractivity contribution in [1.29, 1.82) is 0 Å². The Balaban J connectivity index is 1.35. The average molecular weight is 629 g/mol. The van der Waals surface area contributed by atoms with Crippen molar-refractivity contribution in [2.24, 2.45) is 0 Å². The fourth-order valence-corrected chi connectivity index (χ4v) is 5.87. The molecule has 4 N–H and O–H groups in total. The van der Waals surface area contributed by atoms with E-state index in [-0.39, 0.29) is 42.7 Å². The van der Waals surface area contributed by atoms with Crippen LogP contribution in [0.15, 0.2) is 72.8 Å². The van der Waals surface area contributed by atoms with Crippen molar-refractivity contribution >= 4 is 23.6 Å². The minimum Gasteiger partial charge on any atom is -0.508 e. The average Bonchev–Trinajstić information content (AvgIpc) is 3.54. The van der Waals surface area contributed by atoms with Gasteiger partial charge in [0.25, 0.3) is 5.91 Å². The summed E-state index contributed by atoms with van der Waals surface area (Å²) in [6.07, 6.45) is 2.63. The predicted molar refractivity (Wildman–Crippen MR) is 171 cm³/mol. The fraction of sp³-hybridized carbons (Fsp3) is 0.371. The number of para-hydroxylation sites is 1. The number of phenols is 1. The maximum Gasteiger partial charge on any atom is 0.255 e. The molecule has 2 aliphatic heterocycles. The van der Waals surface area contributed by atoms with E-state index >= 15 is 0 Å². The number of amides is 4. The van der Waals surface area contributed by atoms with E-state index in [9.17, 15) is 24.3 Å². The molecule has 5 rings (SSSR count). The summed E-state index contributed by atoms with van der Waals surface area (Å²) >= 11 is 0. The van der Waals surface area contributed by atoms with Gasteiger partial charge < -0.3 is 35.4 Å². The third-order valence-electron chi connectivity index (χ3n) is 8.32. The smallest absolute Gasteiger partial charge is 0.255 e. The van der Waals surface area contributed by atoms with Crippen molar-refractivity contribution in [3.05, 3.63) is 89.5 Å². The normalized spacial score (nSPS) is 20.3. The number of carbonyl (C=O) groups excluding carboxylic acids is 4. The van der Waals surface area contributed by atoms with E-state index in [4.69, 9.17) is 9.47 Å². The first-order valence-electron chi connectivity index (χ1n) is 15.6. The lowest BCUT2D eigenvalue weighted by Gasteiger charge is -2.30. The number of phenolic OH excluding ortho intramolecular Hbond substituents is 1. The SMILES string of the molecule is COc1cccc(CCCNC(=O)[C@@H]2CC(=O)N[C@@H](Cc3ccc(O)cc3)C(=O)N3CCC[C@@H]3COc3ccccc3C(=O)N2)c1. The molecule has 46 heavy (non-hydrogen) atoms. The Morgan fingerprint density at radius 3 is 2.63 bits per heavy atom.